The minimum Gasteiger partial charge on any atom is -0.393 e. The molecule has 1 rings (SSSR count). The molecule has 0 amide bonds. The number of hydrogen-bond donors (Lipinski definition) is 2. The van der Waals surface area contributed by atoms with Crippen LogP contribution in [0.2, 0.25) is 0 Å². The zero-order chi connectivity index (χ0) is 8.81. The predicted octanol–water partition coefficient (Wildman–Crippen LogP) is -0.157. The van der Waals surface area contributed by atoms with Gasteiger partial charge in [0.25, 0.3) is 0 Å². The third-order valence-corrected chi connectivity index (χ3v) is 1.26. The molecule has 0 bridgehead atoms. The highest BCUT2D eigenvalue weighted by atomic mass is 16.3. The lowest BCUT2D eigenvalue weighted by atomic mass is 10.3. The summed E-state index contributed by atoms with van der Waals surface area (Å²) < 4.78 is 0. The molecule has 0 spiro atoms. The second kappa shape index (κ2) is 4.58. The highest BCUT2D eigenvalue weighted by Gasteiger charge is 1.93. The van der Waals surface area contributed by atoms with Gasteiger partial charge in [0.1, 0.15) is 0 Å². The molecular formula is C8H10N2O2. The standard InChI is InChI=1S/C8H10N2O2/c11-6-8(12)2-1-7-5-9-3-4-10-7/h1-5,8,11-12H,6H2/b2-1+. The van der Waals surface area contributed by atoms with E-state index in [0.717, 1.165) is 0 Å². The lowest BCUT2D eigenvalue weighted by molar-refractivity contribution is 0.131. The molecule has 2 N–H and O–H groups in total. The van der Waals surface area contributed by atoms with E-state index in [1.807, 2.05) is 0 Å². The SMILES string of the molecule is OCC(O)/C=C/c1cnccn1. The fourth-order valence-corrected chi connectivity index (χ4v) is 0.667. The summed E-state index contributed by atoms with van der Waals surface area (Å²) in [5.41, 5.74) is 0.657. The van der Waals surface area contributed by atoms with Crippen molar-refractivity contribution in [3.8, 4) is 0 Å². The van der Waals surface area contributed by atoms with Gasteiger partial charge in [0.05, 0.1) is 24.6 Å². The van der Waals surface area contributed by atoms with E-state index in [-0.39, 0.29) is 6.61 Å². The van der Waals surface area contributed by atoms with Gasteiger partial charge in [0, 0.05) is 12.4 Å². The number of hydrogen-bond acceptors (Lipinski definition) is 4. The first-order valence-electron chi connectivity index (χ1n) is 3.56. The maximum Gasteiger partial charge on any atom is 0.0955 e. The van der Waals surface area contributed by atoms with Crippen LogP contribution in [0.5, 0.6) is 0 Å². The first kappa shape index (κ1) is 8.83. The lowest BCUT2D eigenvalue weighted by Gasteiger charge is -1.97. The Kier molecular flexibility index (Phi) is 3.37. The van der Waals surface area contributed by atoms with Gasteiger partial charge in [-0.15, -0.1) is 0 Å². The van der Waals surface area contributed by atoms with E-state index >= 15 is 0 Å². The zero-order valence-electron chi connectivity index (χ0n) is 6.46. The van der Waals surface area contributed by atoms with Crippen LogP contribution in [-0.2, 0) is 0 Å². The van der Waals surface area contributed by atoms with Crippen molar-refractivity contribution in [1.29, 1.82) is 0 Å². The van der Waals surface area contributed by atoms with Crippen molar-refractivity contribution in [2.24, 2.45) is 0 Å². The van der Waals surface area contributed by atoms with Crippen molar-refractivity contribution in [3.05, 3.63) is 30.4 Å². The molecule has 4 heteroatoms. The highest BCUT2D eigenvalue weighted by Crippen LogP contribution is 1.95. The van der Waals surface area contributed by atoms with Gasteiger partial charge in [-0.2, -0.15) is 0 Å². The van der Waals surface area contributed by atoms with Crippen molar-refractivity contribution in [3.63, 3.8) is 0 Å². The molecule has 1 atom stereocenters. The van der Waals surface area contributed by atoms with Crippen molar-refractivity contribution in [2.75, 3.05) is 6.61 Å². The average molecular weight is 166 g/mol. The van der Waals surface area contributed by atoms with Crippen LogP contribution in [0, 0.1) is 0 Å². The molecule has 1 unspecified atom stereocenters. The average Bonchev–Trinajstić information content (AvgIpc) is 2.16. The fourth-order valence-electron chi connectivity index (χ4n) is 0.667. The highest BCUT2D eigenvalue weighted by molar-refractivity contribution is 5.43. The normalized spacial score (nSPS) is 13.5. The summed E-state index contributed by atoms with van der Waals surface area (Å²) in [5, 5.41) is 17.4. The van der Waals surface area contributed by atoms with Crippen LogP contribution < -0.4 is 0 Å². The van der Waals surface area contributed by atoms with Crippen LogP contribution in [0.25, 0.3) is 6.08 Å². The third kappa shape index (κ3) is 2.77. The van der Waals surface area contributed by atoms with E-state index in [9.17, 15) is 0 Å². The van der Waals surface area contributed by atoms with E-state index in [1.165, 1.54) is 6.08 Å². The van der Waals surface area contributed by atoms with Crippen LogP contribution in [0.15, 0.2) is 24.7 Å². The predicted molar refractivity (Wildman–Crippen MR) is 44.2 cm³/mol. The Morgan fingerprint density at radius 2 is 2.33 bits per heavy atom. The van der Waals surface area contributed by atoms with Gasteiger partial charge in [0.15, 0.2) is 0 Å². The molecule has 0 aliphatic rings. The summed E-state index contributed by atoms with van der Waals surface area (Å²) >= 11 is 0. The van der Waals surface area contributed by atoms with Crippen molar-refractivity contribution >= 4 is 6.08 Å². The maximum atomic E-state index is 8.93. The van der Waals surface area contributed by atoms with E-state index in [0.29, 0.717) is 5.69 Å². The molecule has 0 saturated heterocycles. The minimum absolute atomic E-state index is 0.281. The first-order chi connectivity index (χ1) is 5.83. The second-order valence-electron chi connectivity index (χ2n) is 2.24. The summed E-state index contributed by atoms with van der Waals surface area (Å²) in [6.45, 7) is -0.281. The van der Waals surface area contributed by atoms with Crippen LogP contribution in [0.4, 0.5) is 0 Å². The monoisotopic (exact) mass is 166 g/mol. The summed E-state index contributed by atoms with van der Waals surface area (Å²) in [5.74, 6) is 0. The Morgan fingerprint density at radius 1 is 1.50 bits per heavy atom. The molecule has 1 heterocycles. The Hall–Kier alpha value is -1.26. The minimum atomic E-state index is -0.827. The van der Waals surface area contributed by atoms with E-state index in [2.05, 4.69) is 9.97 Å². The summed E-state index contributed by atoms with van der Waals surface area (Å²) in [6.07, 6.45) is 6.94. The Morgan fingerprint density at radius 3 is 2.92 bits per heavy atom. The fraction of sp³-hybridized carbons (Fsp3) is 0.250. The summed E-state index contributed by atoms with van der Waals surface area (Å²) in [7, 11) is 0. The molecule has 0 radical (unpaired) electrons. The molecule has 1 aromatic rings. The Balaban J connectivity index is 2.58. The molecule has 4 nitrogen and oxygen atoms in total. The van der Waals surface area contributed by atoms with E-state index in [4.69, 9.17) is 10.2 Å². The van der Waals surface area contributed by atoms with Gasteiger partial charge in [0.2, 0.25) is 0 Å². The molecular weight excluding hydrogens is 156 g/mol. The zero-order valence-corrected chi connectivity index (χ0v) is 6.46. The Bertz CT molecular complexity index is 248. The van der Waals surface area contributed by atoms with Gasteiger partial charge >= 0.3 is 0 Å². The molecule has 0 aliphatic carbocycles. The number of aromatic nitrogens is 2. The lowest BCUT2D eigenvalue weighted by Crippen LogP contribution is -2.06. The number of aliphatic hydroxyl groups excluding tert-OH is 2. The van der Waals surface area contributed by atoms with Crippen LogP contribution in [0.3, 0.4) is 0 Å². The van der Waals surface area contributed by atoms with Crippen molar-refractivity contribution in [1.82, 2.24) is 9.97 Å². The quantitative estimate of drug-likeness (QED) is 0.655. The molecule has 0 aromatic carbocycles. The van der Waals surface area contributed by atoms with Crippen LogP contribution in [-0.4, -0.2) is 32.9 Å². The molecule has 0 fully saturated rings. The summed E-state index contributed by atoms with van der Waals surface area (Å²) in [4.78, 5) is 7.77. The van der Waals surface area contributed by atoms with Crippen LogP contribution in [0.1, 0.15) is 5.69 Å². The topological polar surface area (TPSA) is 66.2 Å². The van der Waals surface area contributed by atoms with Gasteiger partial charge < -0.3 is 10.2 Å². The molecule has 0 aliphatic heterocycles. The number of aliphatic hydroxyl groups is 2. The van der Waals surface area contributed by atoms with Gasteiger partial charge in [-0.1, -0.05) is 6.08 Å². The molecule has 1 aromatic heterocycles. The van der Waals surface area contributed by atoms with Gasteiger partial charge in [-0.3, -0.25) is 9.97 Å². The van der Waals surface area contributed by atoms with Gasteiger partial charge in [-0.05, 0) is 6.08 Å². The molecule has 0 saturated carbocycles. The smallest absolute Gasteiger partial charge is 0.0955 e. The van der Waals surface area contributed by atoms with E-state index < -0.39 is 6.10 Å². The molecule has 64 valence electrons. The number of nitrogens with zero attached hydrogens (tertiary/aromatic N) is 2. The van der Waals surface area contributed by atoms with Crippen molar-refractivity contribution < 1.29 is 10.2 Å². The van der Waals surface area contributed by atoms with Crippen LogP contribution >= 0.6 is 0 Å². The maximum absolute atomic E-state index is 8.93. The van der Waals surface area contributed by atoms with Gasteiger partial charge in [-0.25, -0.2) is 0 Å². The van der Waals surface area contributed by atoms with E-state index in [1.54, 1.807) is 24.7 Å². The third-order valence-electron chi connectivity index (χ3n) is 1.26. The molecule has 12 heavy (non-hydrogen) atoms. The second-order valence-corrected chi connectivity index (χ2v) is 2.24. The number of rotatable bonds is 3. The van der Waals surface area contributed by atoms with Crippen molar-refractivity contribution in [2.45, 2.75) is 6.10 Å². The summed E-state index contributed by atoms with van der Waals surface area (Å²) in [6, 6.07) is 0. The Labute approximate surface area is 70.2 Å². The first-order valence-corrected chi connectivity index (χ1v) is 3.56. The largest absolute Gasteiger partial charge is 0.393 e.